The summed E-state index contributed by atoms with van der Waals surface area (Å²) in [6, 6.07) is 3.56. The Hall–Kier alpha value is -1.55. The van der Waals surface area contributed by atoms with Gasteiger partial charge in [0.1, 0.15) is 5.76 Å². The normalized spacial score (nSPS) is 17.0. The van der Waals surface area contributed by atoms with Crippen LogP contribution in [-0.4, -0.2) is 35.6 Å². The number of aliphatic hydroxyl groups excluding tert-OH is 1. The fraction of sp³-hybridized carbons (Fsp3) is 0.364. The summed E-state index contributed by atoms with van der Waals surface area (Å²) < 4.78 is 5.06. The highest BCUT2D eigenvalue weighted by Gasteiger charge is 2.28. The van der Waals surface area contributed by atoms with E-state index in [0.717, 1.165) is 0 Å². The second-order valence-corrected chi connectivity index (χ2v) is 3.64. The number of hydrogen-bond donors (Lipinski definition) is 1. The lowest BCUT2D eigenvalue weighted by Crippen LogP contribution is -2.50. The fourth-order valence-electron chi connectivity index (χ4n) is 1.51. The first-order chi connectivity index (χ1) is 7.29. The van der Waals surface area contributed by atoms with E-state index in [4.69, 9.17) is 9.52 Å². The van der Waals surface area contributed by atoms with E-state index in [9.17, 15) is 4.79 Å². The highest BCUT2D eigenvalue weighted by Crippen LogP contribution is 2.15. The average Bonchev–Trinajstić information content (AvgIpc) is 2.65. The zero-order valence-corrected chi connectivity index (χ0v) is 8.30. The van der Waals surface area contributed by atoms with Crippen LogP contribution in [0.3, 0.4) is 0 Å². The molecular weight excluding hydrogens is 194 g/mol. The van der Waals surface area contributed by atoms with Gasteiger partial charge in [-0.15, -0.1) is 0 Å². The molecule has 1 saturated heterocycles. The second kappa shape index (κ2) is 4.31. The van der Waals surface area contributed by atoms with Crippen molar-refractivity contribution in [2.75, 3.05) is 19.7 Å². The SMILES string of the molecule is O=C(C=Cc1ccco1)N1CC(CO)C1. The van der Waals surface area contributed by atoms with Gasteiger partial charge in [-0.3, -0.25) is 4.79 Å². The van der Waals surface area contributed by atoms with Crippen LogP contribution < -0.4 is 0 Å². The third kappa shape index (κ3) is 2.27. The number of furan rings is 1. The summed E-state index contributed by atoms with van der Waals surface area (Å²) in [6.07, 6.45) is 4.70. The van der Waals surface area contributed by atoms with Crippen LogP contribution in [0.15, 0.2) is 28.9 Å². The zero-order chi connectivity index (χ0) is 10.7. The molecule has 1 aromatic rings. The topological polar surface area (TPSA) is 53.7 Å². The zero-order valence-electron chi connectivity index (χ0n) is 8.30. The van der Waals surface area contributed by atoms with Crippen LogP contribution in [0.5, 0.6) is 0 Å². The molecule has 0 aliphatic carbocycles. The number of rotatable bonds is 3. The van der Waals surface area contributed by atoms with E-state index >= 15 is 0 Å². The number of carbonyl (C=O) groups is 1. The van der Waals surface area contributed by atoms with Gasteiger partial charge in [-0.1, -0.05) is 0 Å². The molecule has 1 fully saturated rings. The van der Waals surface area contributed by atoms with Gasteiger partial charge < -0.3 is 14.4 Å². The van der Waals surface area contributed by atoms with Gasteiger partial charge in [0.15, 0.2) is 0 Å². The molecule has 0 aromatic carbocycles. The van der Waals surface area contributed by atoms with Gasteiger partial charge in [0.25, 0.3) is 0 Å². The first-order valence-corrected chi connectivity index (χ1v) is 4.91. The Balaban J connectivity index is 1.83. The van der Waals surface area contributed by atoms with Crippen molar-refractivity contribution in [2.24, 2.45) is 5.92 Å². The van der Waals surface area contributed by atoms with E-state index < -0.39 is 0 Å². The molecule has 0 saturated carbocycles. The van der Waals surface area contributed by atoms with Crippen LogP contribution in [0.2, 0.25) is 0 Å². The molecule has 0 bridgehead atoms. The summed E-state index contributed by atoms with van der Waals surface area (Å²) in [5, 5.41) is 8.79. The molecule has 1 amide bonds. The van der Waals surface area contributed by atoms with E-state index in [1.807, 2.05) is 0 Å². The summed E-state index contributed by atoms with van der Waals surface area (Å²) in [5.41, 5.74) is 0. The number of hydrogen-bond acceptors (Lipinski definition) is 3. The Kier molecular flexibility index (Phi) is 2.87. The molecule has 0 spiro atoms. The second-order valence-electron chi connectivity index (χ2n) is 3.64. The lowest BCUT2D eigenvalue weighted by atomic mass is 10.0. The quantitative estimate of drug-likeness (QED) is 0.744. The minimum atomic E-state index is -0.0314. The molecule has 1 aromatic heterocycles. The number of aliphatic hydroxyl groups is 1. The molecule has 1 aliphatic heterocycles. The third-order valence-electron chi connectivity index (χ3n) is 2.46. The minimum absolute atomic E-state index is 0.0314. The summed E-state index contributed by atoms with van der Waals surface area (Å²) in [5.74, 6) is 0.893. The molecule has 15 heavy (non-hydrogen) atoms. The number of carbonyl (C=O) groups excluding carboxylic acids is 1. The molecule has 1 N–H and O–H groups in total. The largest absolute Gasteiger partial charge is 0.465 e. The molecule has 0 radical (unpaired) electrons. The molecule has 4 nitrogen and oxygen atoms in total. The average molecular weight is 207 g/mol. The van der Waals surface area contributed by atoms with E-state index in [1.54, 1.807) is 29.4 Å². The Morgan fingerprint density at radius 2 is 2.47 bits per heavy atom. The van der Waals surface area contributed by atoms with Crippen molar-refractivity contribution in [3.8, 4) is 0 Å². The summed E-state index contributed by atoms with van der Waals surface area (Å²) in [7, 11) is 0. The number of likely N-dealkylation sites (tertiary alicyclic amines) is 1. The van der Waals surface area contributed by atoms with Gasteiger partial charge in [-0.25, -0.2) is 0 Å². The third-order valence-corrected chi connectivity index (χ3v) is 2.46. The number of amides is 1. The molecule has 2 rings (SSSR count). The van der Waals surface area contributed by atoms with Crippen molar-refractivity contribution in [3.05, 3.63) is 30.2 Å². The predicted molar refractivity (Wildman–Crippen MR) is 54.9 cm³/mol. The van der Waals surface area contributed by atoms with Crippen LogP contribution in [0.25, 0.3) is 6.08 Å². The first-order valence-electron chi connectivity index (χ1n) is 4.91. The Morgan fingerprint density at radius 3 is 3.07 bits per heavy atom. The van der Waals surface area contributed by atoms with Gasteiger partial charge >= 0.3 is 0 Å². The van der Waals surface area contributed by atoms with Crippen molar-refractivity contribution in [3.63, 3.8) is 0 Å². The van der Waals surface area contributed by atoms with Gasteiger partial charge in [0.2, 0.25) is 5.91 Å². The van der Waals surface area contributed by atoms with Gasteiger partial charge in [0, 0.05) is 31.7 Å². The van der Waals surface area contributed by atoms with E-state index in [1.165, 1.54) is 6.08 Å². The number of nitrogens with zero attached hydrogens (tertiary/aromatic N) is 1. The van der Waals surface area contributed by atoms with Crippen LogP contribution in [-0.2, 0) is 4.79 Å². The van der Waals surface area contributed by atoms with Gasteiger partial charge in [0.05, 0.1) is 6.26 Å². The van der Waals surface area contributed by atoms with Crippen molar-refractivity contribution >= 4 is 12.0 Å². The Bertz CT molecular complexity index is 350. The van der Waals surface area contributed by atoms with Crippen LogP contribution in [0.4, 0.5) is 0 Å². The van der Waals surface area contributed by atoms with Crippen LogP contribution in [0.1, 0.15) is 5.76 Å². The summed E-state index contributed by atoms with van der Waals surface area (Å²) in [6.45, 7) is 1.46. The maximum Gasteiger partial charge on any atom is 0.246 e. The van der Waals surface area contributed by atoms with E-state index in [2.05, 4.69) is 0 Å². The monoisotopic (exact) mass is 207 g/mol. The maximum atomic E-state index is 11.5. The highest BCUT2D eigenvalue weighted by atomic mass is 16.3. The van der Waals surface area contributed by atoms with Crippen molar-refractivity contribution in [2.45, 2.75) is 0 Å². The van der Waals surface area contributed by atoms with Gasteiger partial charge in [-0.2, -0.15) is 0 Å². The molecular formula is C11H13NO3. The van der Waals surface area contributed by atoms with Crippen LogP contribution >= 0.6 is 0 Å². The molecule has 4 heteroatoms. The lowest BCUT2D eigenvalue weighted by molar-refractivity contribution is -0.132. The summed E-state index contributed by atoms with van der Waals surface area (Å²) >= 11 is 0. The van der Waals surface area contributed by atoms with Crippen molar-refractivity contribution < 1.29 is 14.3 Å². The highest BCUT2D eigenvalue weighted by molar-refractivity contribution is 5.91. The molecule has 0 atom stereocenters. The van der Waals surface area contributed by atoms with Crippen molar-refractivity contribution in [1.82, 2.24) is 4.90 Å². The maximum absolute atomic E-state index is 11.5. The smallest absolute Gasteiger partial charge is 0.246 e. The molecule has 1 aliphatic rings. The summed E-state index contributed by atoms with van der Waals surface area (Å²) in [4.78, 5) is 13.2. The lowest BCUT2D eigenvalue weighted by Gasteiger charge is -2.37. The molecule has 80 valence electrons. The Morgan fingerprint density at radius 1 is 1.67 bits per heavy atom. The minimum Gasteiger partial charge on any atom is -0.465 e. The Labute approximate surface area is 87.8 Å². The standard InChI is InChI=1S/C11H13NO3/c13-8-9-6-12(7-9)11(14)4-3-10-2-1-5-15-10/h1-5,9,13H,6-8H2. The van der Waals surface area contributed by atoms with E-state index in [0.29, 0.717) is 18.8 Å². The van der Waals surface area contributed by atoms with Crippen molar-refractivity contribution in [1.29, 1.82) is 0 Å². The van der Waals surface area contributed by atoms with E-state index in [-0.39, 0.29) is 18.4 Å². The fourth-order valence-corrected chi connectivity index (χ4v) is 1.51. The first kappa shape index (κ1) is 9.98. The predicted octanol–water partition coefficient (Wildman–Crippen LogP) is 0.744. The molecule has 2 heterocycles. The van der Waals surface area contributed by atoms with Gasteiger partial charge in [-0.05, 0) is 18.2 Å². The van der Waals surface area contributed by atoms with Crippen LogP contribution in [0, 0.1) is 5.92 Å². The molecule has 0 unspecified atom stereocenters.